The van der Waals surface area contributed by atoms with E-state index in [1.54, 1.807) is 18.6 Å². The van der Waals surface area contributed by atoms with E-state index < -0.39 is 5.92 Å². The predicted octanol–water partition coefficient (Wildman–Crippen LogP) is 2.25. The van der Waals surface area contributed by atoms with E-state index in [1.165, 1.54) is 11.3 Å². The van der Waals surface area contributed by atoms with Crippen LogP contribution in [0.2, 0.25) is 0 Å². The van der Waals surface area contributed by atoms with Crippen molar-refractivity contribution < 1.29 is 14.1 Å². The fraction of sp³-hybridized carbons (Fsp3) is 0.455. The van der Waals surface area contributed by atoms with Crippen molar-refractivity contribution >= 4 is 17.3 Å². The topological polar surface area (TPSA) is 78.1 Å². The largest absolute Gasteiger partial charge is 0.465 e. The number of carbonyl (C=O) groups excluding carboxylic acids is 1. The number of thiazole rings is 1. The number of ether oxygens (including phenoxy) is 1. The number of nitrogens with zero attached hydrogens (tertiary/aromatic N) is 3. The van der Waals surface area contributed by atoms with Gasteiger partial charge >= 0.3 is 5.97 Å². The molecule has 0 fully saturated rings. The predicted molar refractivity (Wildman–Crippen MR) is 65.1 cm³/mol. The molecule has 0 saturated heterocycles. The number of esters is 1. The van der Waals surface area contributed by atoms with Crippen molar-refractivity contribution in [1.29, 1.82) is 0 Å². The Balaban J connectivity index is 2.20. The maximum atomic E-state index is 11.7. The van der Waals surface area contributed by atoms with Crippen molar-refractivity contribution in [3.8, 4) is 10.7 Å². The fourth-order valence-electron chi connectivity index (χ4n) is 1.49. The molecule has 1 atom stereocenters. The molecule has 0 saturated carbocycles. The van der Waals surface area contributed by atoms with Crippen LogP contribution in [-0.2, 0) is 9.53 Å². The quantitative estimate of drug-likeness (QED) is 0.773. The summed E-state index contributed by atoms with van der Waals surface area (Å²) < 4.78 is 10.1. The van der Waals surface area contributed by atoms with Crippen LogP contribution in [0.15, 0.2) is 16.2 Å². The van der Waals surface area contributed by atoms with E-state index in [4.69, 9.17) is 9.26 Å². The average Bonchev–Trinajstić information content (AvgIpc) is 3.00. The van der Waals surface area contributed by atoms with Crippen LogP contribution in [0.5, 0.6) is 0 Å². The summed E-state index contributed by atoms with van der Waals surface area (Å²) in [6.07, 6.45) is 2.22. The molecule has 6 nitrogen and oxygen atoms in total. The van der Waals surface area contributed by atoms with Crippen molar-refractivity contribution in [1.82, 2.24) is 15.1 Å². The minimum absolute atomic E-state index is 0.291. The van der Waals surface area contributed by atoms with Gasteiger partial charge in [0.2, 0.25) is 11.7 Å². The third-order valence-corrected chi connectivity index (χ3v) is 3.14. The van der Waals surface area contributed by atoms with Gasteiger partial charge in [-0.2, -0.15) is 4.98 Å². The van der Waals surface area contributed by atoms with E-state index in [1.807, 2.05) is 6.92 Å². The van der Waals surface area contributed by atoms with Crippen LogP contribution in [0.3, 0.4) is 0 Å². The lowest BCUT2D eigenvalue weighted by Gasteiger charge is -2.08. The van der Waals surface area contributed by atoms with Crippen LogP contribution < -0.4 is 0 Å². The molecule has 2 heterocycles. The van der Waals surface area contributed by atoms with E-state index in [-0.39, 0.29) is 5.97 Å². The lowest BCUT2D eigenvalue weighted by molar-refractivity contribution is -0.145. The summed E-state index contributed by atoms with van der Waals surface area (Å²) in [6.45, 7) is 3.98. The SMILES string of the molecule is CCOC(=O)C(CC)c1nc(-c2cncs2)no1. The van der Waals surface area contributed by atoms with Crippen LogP contribution in [0, 0.1) is 0 Å². The second-order valence-electron chi connectivity index (χ2n) is 3.53. The molecule has 0 aliphatic carbocycles. The molecule has 0 spiro atoms. The van der Waals surface area contributed by atoms with Crippen molar-refractivity contribution in [2.45, 2.75) is 26.2 Å². The lowest BCUT2D eigenvalue weighted by atomic mass is 10.1. The Kier molecular flexibility index (Phi) is 4.03. The minimum Gasteiger partial charge on any atom is -0.465 e. The van der Waals surface area contributed by atoms with E-state index in [0.717, 1.165) is 4.88 Å². The van der Waals surface area contributed by atoms with Gasteiger partial charge in [0.1, 0.15) is 5.92 Å². The number of carbonyl (C=O) groups is 1. The Morgan fingerprint density at radius 2 is 2.39 bits per heavy atom. The Bertz CT molecular complexity index is 509. The van der Waals surface area contributed by atoms with Gasteiger partial charge in [-0.05, 0) is 13.3 Å². The zero-order chi connectivity index (χ0) is 13.0. The summed E-state index contributed by atoms with van der Waals surface area (Å²) >= 11 is 1.42. The third-order valence-electron chi connectivity index (χ3n) is 2.37. The number of rotatable bonds is 5. The molecule has 2 rings (SSSR count). The third kappa shape index (κ3) is 2.56. The lowest BCUT2D eigenvalue weighted by Crippen LogP contribution is -2.15. The van der Waals surface area contributed by atoms with Gasteiger partial charge in [0.05, 0.1) is 17.0 Å². The number of hydrogen-bond acceptors (Lipinski definition) is 7. The summed E-state index contributed by atoms with van der Waals surface area (Å²) in [5.74, 6) is -0.0896. The highest BCUT2D eigenvalue weighted by Gasteiger charge is 2.26. The molecule has 0 radical (unpaired) electrons. The first kappa shape index (κ1) is 12.7. The van der Waals surface area contributed by atoms with Crippen molar-refractivity contribution in [2.24, 2.45) is 0 Å². The molecule has 96 valence electrons. The molecule has 0 N–H and O–H groups in total. The molecule has 0 amide bonds. The zero-order valence-corrected chi connectivity index (χ0v) is 10.9. The molecule has 2 aromatic rings. The highest BCUT2D eigenvalue weighted by atomic mass is 32.1. The Labute approximate surface area is 108 Å². The molecule has 2 aromatic heterocycles. The minimum atomic E-state index is -0.501. The summed E-state index contributed by atoms with van der Waals surface area (Å²) in [5.41, 5.74) is 1.69. The van der Waals surface area contributed by atoms with Gasteiger partial charge in [-0.1, -0.05) is 12.1 Å². The highest BCUT2D eigenvalue weighted by Crippen LogP contribution is 2.24. The molecule has 1 unspecified atom stereocenters. The first-order valence-corrected chi connectivity index (χ1v) is 6.53. The van der Waals surface area contributed by atoms with Gasteiger partial charge < -0.3 is 9.26 Å². The Morgan fingerprint density at radius 1 is 1.56 bits per heavy atom. The van der Waals surface area contributed by atoms with Crippen LogP contribution in [0.1, 0.15) is 32.1 Å². The van der Waals surface area contributed by atoms with Crippen LogP contribution in [0.4, 0.5) is 0 Å². The average molecular weight is 267 g/mol. The molecule has 0 bridgehead atoms. The first-order valence-electron chi connectivity index (χ1n) is 5.65. The number of aromatic nitrogens is 3. The second kappa shape index (κ2) is 5.72. The fourth-order valence-corrected chi connectivity index (χ4v) is 2.03. The van der Waals surface area contributed by atoms with Crippen LogP contribution >= 0.6 is 11.3 Å². The summed E-state index contributed by atoms with van der Waals surface area (Å²) in [6, 6.07) is 0. The van der Waals surface area contributed by atoms with Gasteiger partial charge in [0.25, 0.3) is 0 Å². The maximum absolute atomic E-state index is 11.7. The summed E-state index contributed by atoms with van der Waals surface area (Å²) in [7, 11) is 0. The monoisotopic (exact) mass is 267 g/mol. The van der Waals surface area contributed by atoms with Crippen molar-refractivity contribution in [3.05, 3.63) is 17.6 Å². The van der Waals surface area contributed by atoms with Crippen LogP contribution in [0.25, 0.3) is 10.7 Å². The Hall–Kier alpha value is -1.76. The highest BCUT2D eigenvalue weighted by molar-refractivity contribution is 7.13. The van der Waals surface area contributed by atoms with E-state index >= 15 is 0 Å². The van der Waals surface area contributed by atoms with E-state index in [9.17, 15) is 4.79 Å². The van der Waals surface area contributed by atoms with Crippen LogP contribution in [-0.4, -0.2) is 27.7 Å². The van der Waals surface area contributed by atoms with Gasteiger partial charge in [-0.15, -0.1) is 11.3 Å². The molecule has 0 aromatic carbocycles. The second-order valence-corrected chi connectivity index (χ2v) is 4.42. The van der Waals surface area contributed by atoms with E-state index in [0.29, 0.717) is 24.7 Å². The van der Waals surface area contributed by atoms with Gasteiger partial charge in [-0.3, -0.25) is 9.78 Å². The normalized spacial score (nSPS) is 12.3. The van der Waals surface area contributed by atoms with Crippen molar-refractivity contribution in [3.63, 3.8) is 0 Å². The molecular formula is C11H13N3O3S. The summed E-state index contributed by atoms with van der Waals surface area (Å²) in [5, 5.41) is 3.85. The number of hydrogen-bond donors (Lipinski definition) is 0. The smallest absolute Gasteiger partial charge is 0.318 e. The van der Waals surface area contributed by atoms with Gasteiger partial charge in [0, 0.05) is 6.20 Å². The van der Waals surface area contributed by atoms with Crippen molar-refractivity contribution in [2.75, 3.05) is 6.61 Å². The molecule has 7 heteroatoms. The zero-order valence-electron chi connectivity index (χ0n) is 10.1. The summed E-state index contributed by atoms with van der Waals surface area (Å²) in [4.78, 5) is 20.7. The first-order chi connectivity index (χ1) is 8.76. The molecule has 0 aliphatic rings. The standard InChI is InChI=1S/C11H13N3O3S/c1-3-7(11(15)16-4-2)10-13-9(14-17-10)8-5-12-6-18-8/h5-7H,3-4H2,1-2H3. The molecule has 0 aliphatic heterocycles. The van der Waals surface area contributed by atoms with Gasteiger partial charge in [0.15, 0.2) is 0 Å². The Morgan fingerprint density at radius 3 is 3.00 bits per heavy atom. The molecular weight excluding hydrogens is 254 g/mol. The maximum Gasteiger partial charge on any atom is 0.318 e. The van der Waals surface area contributed by atoms with Gasteiger partial charge in [-0.25, -0.2) is 0 Å². The molecule has 18 heavy (non-hydrogen) atoms. The van der Waals surface area contributed by atoms with E-state index in [2.05, 4.69) is 15.1 Å².